The Balaban J connectivity index is 1.19. The molecular weight excluding hydrogens is 464 g/mol. The maximum absolute atomic E-state index is 13.1. The third-order valence-corrected chi connectivity index (χ3v) is 6.98. The van der Waals surface area contributed by atoms with Crippen molar-refractivity contribution in [1.82, 2.24) is 30.1 Å². The Morgan fingerprint density at radius 3 is 2.67 bits per heavy atom. The molecule has 1 unspecified atom stereocenters. The first-order valence-corrected chi connectivity index (χ1v) is 11.7. The number of amides is 4. The van der Waals surface area contributed by atoms with E-state index in [0.717, 1.165) is 16.7 Å². The van der Waals surface area contributed by atoms with Crippen molar-refractivity contribution in [2.45, 2.75) is 38.4 Å². The molecule has 0 aliphatic carbocycles. The van der Waals surface area contributed by atoms with Crippen molar-refractivity contribution in [2.75, 3.05) is 6.54 Å². The van der Waals surface area contributed by atoms with Crippen LogP contribution < -0.4 is 5.32 Å². The number of nitrogens with zero attached hydrogens (tertiary/aromatic N) is 5. The van der Waals surface area contributed by atoms with Gasteiger partial charge in [0.15, 0.2) is 5.69 Å². The molecule has 11 heteroatoms. The van der Waals surface area contributed by atoms with E-state index in [1.165, 1.54) is 15.8 Å². The van der Waals surface area contributed by atoms with E-state index in [4.69, 9.17) is 0 Å². The molecule has 3 aliphatic heterocycles. The van der Waals surface area contributed by atoms with Crippen molar-refractivity contribution < 1.29 is 24.3 Å². The predicted molar refractivity (Wildman–Crippen MR) is 124 cm³/mol. The number of carbonyl (C=O) groups is 4. The first-order chi connectivity index (χ1) is 17.4. The van der Waals surface area contributed by atoms with Gasteiger partial charge in [-0.2, -0.15) is 0 Å². The number of aromatic nitrogens is 3. The number of hydrogen-bond donors (Lipinski definition) is 2. The van der Waals surface area contributed by atoms with Gasteiger partial charge in [-0.05, 0) is 53.8 Å². The van der Waals surface area contributed by atoms with Gasteiger partial charge in [0.25, 0.3) is 11.8 Å². The summed E-state index contributed by atoms with van der Waals surface area (Å²) in [5.74, 6) is -1.10. The Hall–Kier alpha value is -4.54. The fourth-order valence-corrected chi connectivity index (χ4v) is 5.05. The number of imide groups is 1. The van der Waals surface area contributed by atoms with Gasteiger partial charge < -0.3 is 14.9 Å². The highest BCUT2D eigenvalue weighted by Crippen LogP contribution is 2.29. The molecule has 1 saturated heterocycles. The van der Waals surface area contributed by atoms with Crippen LogP contribution in [0.3, 0.4) is 0 Å². The number of phenolic OH excluding ortho intramolecular Hbond substituents is 1. The van der Waals surface area contributed by atoms with Crippen LogP contribution in [0.4, 0.5) is 0 Å². The lowest BCUT2D eigenvalue weighted by Gasteiger charge is -2.29. The van der Waals surface area contributed by atoms with Gasteiger partial charge in [-0.25, -0.2) is 4.68 Å². The van der Waals surface area contributed by atoms with Gasteiger partial charge in [-0.15, -0.1) is 5.10 Å². The average molecular weight is 486 g/mol. The molecule has 4 heterocycles. The molecule has 0 bridgehead atoms. The molecule has 11 nitrogen and oxygen atoms in total. The summed E-state index contributed by atoms with van der Waals surface area (Å²) >= 11 is 0. The van der Waals surface area contributed by atoms with E-state index < -0.39 is 11.9 Å². The van der Waals surface area contributed by atoms with Crippen LogP contribution in [0.25, 0.3) is 5.69 Å². The van der Waals surface area contributed by atoms with Gasteiger partial charge in [0, 0.05) is 31.6 Å². The summed E-state index contributed by atoms with van der Waals surface area (Å²) in [5.41, 5.74) is 4.00. The number of phenols is 1. The monoisotopic (exact) mass is 486 g/mol. The number of benzene rings is 2. The first-order valence-electron chi connectivity index (χ1n) is 11.7. The second kappa shape index (κ2) is 8.29. The summed E-state index contributed by atoms with van der Waals surface area (Å²) in [6, 6.07) is 9.74. The molecule has 2 N–H and O–H groups in total. The minimum atomic E-state index is -0.680. The van der Waals surface area contributed by atoms with Crippen LogP contribution in [0.15, 0.2) is 42.6 Å². The van der Waals surface area contributed by atoms with Crippen molar-refractivity contribution in [1.29, 1.82) is 0 Å². The van der Waals surface area contributed by atoms with Crippen molar-refractivity contribution in [3.05, 3.63) is 70.5 Å². The van der Waals surface area contributed by atoms with Crippen molar-refractivity contribution >= 4 is 23.6 Å². The topological polar surface area (TPSA) is 138 Å². The number of fused-ring (bicyclic) bond motifs is 2. The molecule has 3 aliphatic rings. The average Bonchev–Trinajstić information content (AvgIpc) is 3.48. The summed E-state index contributed by atoms with van der Waals surface area (Å²) < 4.78 is 1.45. The fourth-order valence-electron chi connectivity index (χ4n) is 5.05. The van der Waals surface area contributed by atoms with E-state index in [-0.39, 0.29) is 42.1 Å². The maximum Gasteiger partial charge on any atom is 0.276 e. The van der Waals surface area contributed by atoms with Crippen molar-refractivity contribution in [3.8, 4) is 11.4 Å². The number of rotatable bonds is 3. The molecule has 0 spiro atoms. The van der Waals surface area contributed by atoms with Crippen LogP contribution in [0.2, 0.25) is 0 Å². The normalized spacial score (nSPS) is 19.2. The quantitative estimate of drug-likeness (QED) is 0.526. The van der Waals surface area contributed by atoms with Gasteiger partial charge in [-0.3, -0.25) is 24.5 Å². The largest absolute Gasteiger partial charge is 0.508 e. The number of nitrogens with one attached hydrogen (secondary N) is 1. The van der Waals surface area contributed by atoms with E-state index in [0.29, 0.717) is 37.2 Å². The zero-order valence-electron chi connectivity index (χ0n) is 19.2. The predicted octanol–water partition coefficient (Wildman–Crippen LogP) is 0.932. The lowest BCUT2D eigenvalue weighted by atomic mass is 9.99. The Bertz CT molecular complexity index is 1450. The lowest BCUT2D eigenvalue weighted by Crippen LogP contribution is -2.52. The highest BCUT2D eigenvalue weighted by atomic mass is 16.3. The molecule has 4 amide bonds. The smallest absolute Gasteiger partial charge is 0.276 e. The van der Waals surface area contributed by atoms with E-state index in [2.05, 4.69) is 15.6 Å². The van der Waals surface area contributed by atoms with Crippen molar-refractivity contribution in [3.63, 3.8) is 0 Å². The molecule has 1 aromatic heterocycles. The van der Waals surface area contributed by atoms with E-state index in [1.807, 2.05) is 6.07 Å². The maximum atomic E-state index is 13.1. The van der Waals surface area contributed by atoms with Crippen LogP contribution in [-0.2, 0) is 29.1 Å². The Kier molecular flexibility index (Phi) is 5.06. The minimum Gasteiger partial charge on any atom is -0.508 e. The summed E-state index contributed by atoms with van der Waals surface area (Å²) in [6.45, 7) is 1.21. The van der Waals surface area contributed by atoms with Gasteiger partial charge in [0.1, 0.15) is 11.8 Å². The van der Waals surface area contributed by atoms with Crippen LogP contribution in [-0.4, -0.2) is 66.1 Å². The van der Waals surface area contributed by atoms with Gasteiger partial charge in [-0.1, -0.05) is 17.3 Å². The molecule has 1 fully saturated rings. The van der Waals surface area contributed by atoms with Gasteiger partial charge in [0.05, 0.1) is 11.9 Å². The number of piperidine rings is 1. The molecule has 3 aromatic rings. The summed E-state index contributed by atoms with van der Waals surface area (Å²) in [4.78, 5) is 53.1. The Morgan fingerprint density at radius 2 is 1.83 bits per heavy atom. The third-order valence-electron chi connectivity index (χ3n) is 6.98. The minimum absolute atomic E-state index is 0.189. The Morgan fingerprint density at radius 1 is 1.00 bits per heavy atom. The standard InChI is InChI=1S/C25H22N6O5/c32-18-4-2-15-11-29(8-7-14(15)9-18)25(36)20-13-31(28-27-20)17-3-1-16-12-30(24(35)19(16)10-17)21-5-6-22(33)26-23(21)34/h1-4,9-10,13,21,32H,5-8,11-12H2,(H,26,33,34). The zero-order chi connectivity index (χ0) is 25.0. The lowest BCUT2D eigenvalue weighted by molar-refractivity contribution is -0.136. The zero-order valence-corrected chi connectivity index (χ0v) is 19.2. The van der Waals surface area contributed by atoms with E-state index >= 15 is 0 Å². The van der Waals surface area contributed by atoms with E-state index in [9.17, 15) is 24.3 Å². The number of carbonyl (C=O) groups excluding carboxylic acids is 4. The number of hydrogen-bond acceptors (Lipinski definition) is 7. The highest BCUT2D eigenvalue weighted by molar-refractivity contribution is 6.05. The molecule has 0 radical (unpaired) electrons. The molecule has 36 heavy (non-hydrogen) atoms. The second-order valence-corrected chi connectivity index (χ2v) is 9.22. The summed E-state index contributed by atoms with van der Waals surface area (Å²) in [6.07, 6.45) is 2.67. The van der Waals surface area contributed by atoms with Gasteiger partial charge in [0.2, 0.25) is 11.8 Å². The molecule has 2 aromatic carbocycles. The van der Waals surface area contributed by atoms with Crippen LogP contribution in [0.1, 0.15) is 50.4 Å². The van der Waals surface area contributed by atoms with Crippen LogP contribution in [0, 0.1) is 0 Å². The molecule has 1 atom stereocenters. The van der Waals surface area contributed by atoms with E-state index in [1.54, 1.807) is 35.2 Å². The summed E-state index contributed by atoms with van der Waals surface area (Å²) in [7, 11) is 0. The second-order valence-electron chi connectivity index (χ2n) is 9.22. The molecular formula is C25H22N6O5. The number of aromatic hydroxyl groups is 1. The molecule has 6 rings (SSSR count). The highest BCUT2D eigenvalue weighted by Gasteiger charge is 2.39. The van der Waals surface area contributed by atoms with Crippen LogP contribution in [0.5, 0.6) is 5.75 Å². The Labute approximate surface area is 205 Å². The van der Waals surface area contributed by atoms with Crippen molar-refractivity contribution in [2.24, 2.45) is 0 Å². The molecule has 0 saturated carbocycles. The van der Waals surface area contributed by atoms with Gasteiger partial charge >= 0.3 is 0 Å². The molecule has 182 valence electrons. The first kappa shape index (κ1) is 22.0. The fraction of sp³-hybridized carbons (Fsp3) is 0.280. The summed E-state index contributed by atoms with van der Waals surface area (Å²) in [5, 5.41) is 20.1. The van der Waals surface area contributed by atoms with Crippen LogP contribution >= 0.6 is 0 Å². The third kappa shape index (κ3) is 3.69. The SMILES string of the molecule is O=C1CCC(N2Cc3ccc(-n4cc(C(=O)N5CCc6cc(O)ccc6C5)nn4)cc3C2=O)C(=O)N1.